The molecule has 3 nitrogen and oxygen atoms in total. The topological polar surface area (TPSA) is 40.5 Å². The Morgan fingerprint density at radius 3 is 2.68 bits per heavy atom. The summed E-state index contributed by atoms with van der Waals surface area (Å²) in [6.07, 6.45) is 0.778. The van der Waals surface area contributed by atoms with Crippen LogP contribution in [0.3, 0.4) is 0 Å². The van der Waals surface area contributed by atoms with Gasteiger partial charge < -0.3 is 5.11 Å². The van der Waals surface area contributed by atoms with Gasteiger partial charge in [0.25, 0.3) is 0 Å². The van der Waals surface area contributed by atoms with Crippen LogP contribution >= 0.6 is 0 Å². The number of rotatable bonds is 4. The third kappa shape index (κ3) is 2.78. The Balaban J connectivity index is 2.20. The number of aliphatic carboxylic acids is 1. The van der Waals surface area contributed by atoms with Crippen molar-refractivity contribution in [2.75, 3.05) is 13.1 Å². The van der Waals surface area contributed by atoms with E-state index in [1.807, 2.05) is 19.9 Å². The van der Waals surface area contributed by atoms with E-state index in [0.717, 1.165) is 6.42 Å². The Labute approximate surface area is 113 Å². The van der Waals surface area contributed by atoms with Crippen LogP contribution in [-0.4, -0.2) is 29.1 Å². The zero-order chi connectivity index (χ0) is 14.0. The lowest BCUT2D eigenvalue weighted by molar-refractivity contribution is -0.142. The lowest BCUT2D eigenvalue weighted by atomic mass is 9.99. The number of carboxylic acids is 1. The predicted molar refractivity (Wildman–Crippen MR) is 71.3 cm³/mol. The number of hydrogen-bond donors (Lipinski definition) is 1. The number of carboxylic acid groups (broad SMARTS) is 1. The first kappa shape index (κ1) is 14.0. The van der Waals surface area contributed by atoms with E-state index < -0.39 is 5.97 Å². The molecular weight excluding hydrogens is 245 g/mol. The van der Waals surface area contributed by atoms with Crippen LogP contribution in [0.4, 0.5) is 4.39 Å². The maximum Gasteiger partial charge on any atom is 0.308 e. The number of benzene rings is 1. The van der Waals surface area contributed by atoms with Gasteiger partial charge in [-0.3, -0.25) is 9.69 Å². The van der Waals surface area contributed by atoms with E-state index in [4.69, 9.17) is 0 Å². The van der Waals surface area contributed by atoms with Gasteiger partial charge in [-0.05, 0) is 18.4 Å². The second-order valence-electron chi connectivity index (χ2n) is 5.32. The molecule has 0 amide bonds. The predicted octanol–water partition coefficient (Wildman–Crippen LogP) is 2.93. The molecule has 0 saturated carbocycles. The van der Waals surface area contributed by atoms with Gasteiger partial charge in [0.2, 0.25) is 0 Å². The van der Waals surface area contributed by atoms with Crippen LogP contribution in [0.5, 0.6) is 0 Å². The van der Waals surface area contributed by atoms with Gasteiger partial charge in [-0.1, -0.05) is 32.0 Å². The van der Waals surface area contributed by atoms with Crippen molar-refractivity contribution in [3.63, 3.8) is 0 Å². The minimum Gasteiger partial charge on any atom is -0.481 e. The first-order valence-electron chi connectivity index (χ1n) is 6.75. The number of hydrogen-bond acceptors (Lipinski definition) is 2. The Hall–Kier alpha value is -1.42. The molecule has 0 spiro atoms. The third-order valence-corrected chi connectivity index (χ3v) is 4.05. The van der Waals surface area contributed by atoms with Gasteiger partial charge in [-0.25, -0.2) is 4.39 Å². The average molecular weight is 265 g/mol. The molecule has 19 heavy (non-hydrogen) atoms. The Kier molecular flexibility index (Phi) is 4.20. The summed E-state index contributed by atoms with van der Waals surface area (Å²) in [6, 6.07) is 6.73. The highest BCUT2D eigenvalue weighted by Crippen LogP contribution is 2.33. The molecule has 3 atom stereocenters. The summed E-state index contributed by atoms with van der Waals surface area (Å²) in [7, 11) is 0. The van der Waals surface area contributed by atoms with Gasteiger partial charge in [0.05, 0.1) is 5.92 Å². The zero-order valence-corrected chi connectivity index (χ0v) is 11.3. The van der Waals surface area contributed by atoms with Crippen molar-refractivity contribution < 1.29 is 14.3 Å². The SMILES string of the molecule is CCC(c1ccccc1F)N1C[C@@H](C)[C@H](C(=O)O)C1. The van der Waals surface area contributed by atoms with Crippen LogP contribution < -0.4 is 0 Å². The van der Waals surface area contributed by atoms with E-state index in [-0.39, 0.29) is 23.7 Å². The molecule has 1 aliphatic heterocycles. The van der Waals surface area contributed by atoms with Crippen molar-refractivity contribution in [2.45, 2.75) is 26.3 Å². The van der Waals surface area contributed by atoms with E-state index in [9.17, 15) is 14.3 Å². The van der Waals surface area contributed by atoms with Crippen molar-refractivity contribution in [1.82, 2.24) is 4.90 Å². The van der Waals surface area contributed by atoms with Gasteiger partial charge in [-0.15, -0.1) is 0 Å². The van der Waals surface area contributed by atoms with E-state index in [1.54, 1.807) is 12.1 Å². The molecule has 1 fully saturated rings. The molecule has 1 aromatic rings. The van der Waals surface area contributed by atoms with E-state index in [1.165, 1.54) is 6.07 Å². The molecule has 0 bridgehead atoms. The maximum atomic E-state index is 13.9. The Morgan fingerprint density at radius 2 is 2.16 bits per heavy atom. The fraction of sp³-hybridized carbons (Fsp3) is 0.533. The quantitative estimate of drug-likeness (QED) is 0.910. The normalized spacial score (nSPS) is 25.4. The molecule has 1 heterocycles. The van der Waals surface area contributed by atoms with Crippen molar-refractivity contribution in [1.29, 1.82) is 0 Å². The van der Waals surface area contributed by atoms with Crippen molar-refractivity contribution in [3.8, 4) is 0 Å². The summed E-state index contributed by atoms with van der Waals surface area (Å²) < 4.78 is 13.9. The molecule has 1 aromatic carbocycles. The Morgan fingerprint density at radius 1 is 1.47 bits per heavy atom. The molecule has 1 saturated heterocycles. The van der Waals surface area contributed by atoms with Gasteiger partial charge in [-0.2, -0.15) is 0 Å². The largest absolute Gasteiger partial charge is 0.481 e. The summed E-state index contributed by atoms with van der Waals surface area (Å²) in [5, 5.41) is 9.18. The zero-order valence-electron chi connectivity index (χ0n) is 11.3. The second-order valence-corrected chi connectivity index (χ2v) is 5.32. The van der Waals surface area contributed by atoms with Gasteiger partial charge in [0.1, 0.15) is 5.82 Å². The van der Waals surface area contributed by atoms with Gasteiger partial charge in [0.15, 0.2) is 0 Å². The highest BCUT2D eigenvalue weighted by atomic mass is 19.1. The van der Waals surface area contributed by atoms with Gasteiger partial charge >= 0.3 is 5.97 Å². The minimum atomic E-state index is -0.751. The monoisotopic (exact) mass is 265 g/mol. The lowest BCUT2D eigenvalue weighted by Crippen LogP contribution is -2.28. The third-order valence-electron chi connectivity index (χ3n) is 4.05. The van der Waals surface area contributed by atoms with Crippen molar-refractivity contribution in [2.24, 2.45) is 11.8 Å². The van der Waals surface area contributed by atoms with Crippen LogP contribution in [0.25, 0.3) is 0 Å². The molecule has 2 rings (SSSR count). The summed E-state index contributed by atoms with van der Waals surface area (Å²) in [4.78, 5) is 13.3. The molecule has 0 aromatic heterocycles. The van der Waals surface area contributed by atoms with E-state index >= 15 is 0 Å². The van der Waals surface area contributed by atoms with Crippen LogP contribution in [0.2, 0.25) is 0 Å². The molecular formula is C15H20FNO2. The average Bonchev–Trinajstić information content (AvgIpc) is 2.75. The van der Waals surface area contributed by atoms with Crippen molar-refractivity contribution >= 4 is 5.97 Å². The molecule has 1 unspecified atom stereocenters. The summed E-state index contributed by atoms with van der Waals surface area (Å²) >= 11 is 0. The van der Waals surface area contributed by atoms with Gasteiger partial charge in [0, 0.05) is 24.7 Å². The molecule has 104 valence electrons. The first-order valence-corrected chi connectivity index (χ1v) is 6.75. The standard InChI is InChI=1S/C15H20FNO2/c1-3-14(11-6-4-5-7-13(11)16)17-8-10(2)12(9-17)15(18)19/h4-7,10,12,14H,3,8-9H2,1-2H3,(H,18,19)/t10-,12-,14?/m1/s1. The molecule has 1 N–H and O–H groups in total. The maximum absolute atomic E-state index is 13.9. The number of carbonyl (C=O) groups is 1. The highest BCUT2D eigenvalue weighted by molar-refractivity contribution is 5.71. The smallest absolute Gasteiger partial charge is 0.308 e. The summed E-state index contributed by atoms with van der Waals surface area (Å²) in [5.74, 6) is -1.20. The van der Waals surface area contributed by atoms with Crippen LogP contribution in [0, 0.1) is 17.7 Å². The van der Waals surface area contributed by atoms with Crippen LogP contribution in [0.15, 0.2) is 24.3 Å². The van der Waals surface area contributed by atoms with Crippen molar-refractivity contribution in [3.05, 3.63) is 35.6 Å². The number of likely N-dealkylation sites (tertiary alicyclic amines) is 1. The number of halogens is 1. The van der Waals surface area contributed by atoms with E-state index in [0.29, 0.717) is 18.7 Å². The number of nitrogens with zero attached hydrogens (tertiary/aromatic N) is 1. The van der Waals surface area contributed by atoms with E-state index in [2.05, 4.69) is 4.90 Å². The Bertz CT molecular complexity index is 463. The van der Waals surface area contributed by atoms with Crippen LogP contribution in [0.1, 0.15) is 31.9 Å². The first-order chi connectivity index (χ1) is 9.04. The summed E-state index contributed by atoms with van der Waals surface area (Å²) in [6.45, 7) is 5.18. The molecule has 4 heteroatoms. The fourth-order valence-electron chi connectivity index (χ4n) is 3.00. The molecule has 0 aliphatic carbocycles. The highest BCUT2D eigenvalue weighted by Gasteiger charge is 2.38. The second kappa shape index (κ2) is 5.70. The molecule has 0 radical (unpaired) electrons. The fourth-order valence-corrected chi connectivity index (χ4v) is 3.00. The summed E-state index contributed by atoms with van der Waals surface area (Å²) in [5.41, 5.74) is 0.670. The minimum absolute atomic E-state index is 0.0343. The van der Waals surface area contributed by atoms with Crippen LogP contribution in [-0.2, 0) is 4.79 Å². The lowest BCUT2D eigenvalue weighted by Gasteiger charge is -2.27. The molecule has 1 aliphatic rings.